The van der Waals surface area contributed by atoms with Gasteiger partial charge in [0.25, 0.3) is 5.91 Å². The highest BCUT2D eigenvalue weighted by atomic mass is 35.5. The molecule has 0 aliphatic carbocycles. The molecule has 6 heteroatoms. The van der Waals surface area contributed by atoms with Gasteiger partial charge in [0.15, 0.2) is 0 Å². The maximum Gasteiger partial charge on any atom is 0.275 e. The lowest BCUT2D eigenvalue weighted by atomic mass is 10.2. The van der Waals surface area contributed by atoms with Gasteiger partial charge >= 0.3 is 0 Å². The molecule has 0 unspecified atom stereocenters. The van der Waals surface area contributed by atoms with E-state index in [4.69, 9.17) is 21.1 Å². The molecule has 31 heavy (non-hydrogen) atoms. The van der Waals surface area contributed by atoms with Crippen molar-refractivity contribution in [2.75, 3.05) is 6.61 Å². The van der Waals surface area contributed by atoms with Crippen molar-refractivity contribution in [3.8, 4) is 11.5 Å². The molecule has 0 fully saturated rings. The fourth-order valence-electron chi connectivity index (χ4n) is 2.73. The molecule has 0 bridgehead atoms. The number of hydrogen-bond acceptors (Lipinski definition) is 4. The van der Waals surface area contributed by atoms with Gasteiger partial charge in [0.2, 0.25) is 0 Å². The van der Waals surface area contributed by atoms with E-state index in [1.807, 2.05) is 42.5 Å². The SMILES string of the molecule is CCCCOc1ccc(C=NNC(=O)c2ccccc2OCc2ccc(Cl)cc2)cc1. The van der Waals surface area contributed by atoms with Gasteiger partial charge in [-0.2, -0.15) is 5.10 Å². The van der Waals surface area contributed by atoms with Crippen LogP contribution in [0.25, 0.3) is 0 Å². The summed E-state index contributed by atoms with van der Waals surface area (Å²) in [5, 5.41) is 4.72. The Morgan fingerprint density at radius 2 is 1.74 bits per heavy atom. The number of halogens is 1. The van der Waals surface area contributed by atoms with E-state index in [9.17, 15) is 4.79 Å². The minimum atomic E-state index is -0.345. The third-order valence-corrected chi connectivity index (χ3v) is 4.72. The standard InChI is InChI=1S/C25H25ClN2O3/c1-2-3-16-30-22-14-10-19(11-15-22)17-27-28-25(29)23-6-4-5-7-24(23)31-18-20-8-12-21(26)13-9-20/h4-15,17H,2-3,16,18H2,1H3,(H,28,29). The molecule has 3 rings (SSSR count). The van der Waals surface area contributed by atoms with Crippen molar-refractivity contribution in [1.82, 2.24) is 5.43 Å². The molecule has 0 aliphatic heterocycles. The Balaban J connectivity index is 1.56. The normalized spacial score (nSPS) is 10.8. The first kappa shape index (κ1) is 22.4. The van der Waals surface area contributed by atoms with Crippen LogP contribution in [0.4, 0.5) is 0 Å². The van der Waals surface area contributed by atoms with Crippen molar-refractivity contribution < 1.29 is 14.3 Å². The molecule has 0 atom stereocenters. The highest BCUT2D eigenvalue weighted by Gasteiger charge is 2.11. The number of hydrazone groups is 1. The van der Waals surface area contributed by atoms with Gasteiger partial charge in [-0.3, -0.25) is 4.79 Å². The summed E-state index contributed by atoms with van der Waals surface area (Å²) < 4.78 is 11.5. The van der Waals surface area contributed by atoms with Crippen LogP contribution in [-0.2, 0) is 6.61 Å². The summed E-state index contributed by atoms with van der Waals surface area (Å²) in [6.07, 6.45) is 3.71. The Hall–Kier alpha value is -3.31. The molecule has 0 heterocycles. The topological polar surface area (TPSA) is 59.9 Å². The Morgan fingerprint density at radius 1 is 1.00 bits per heavy atom. The number of nitrogens with zero attached hydrogens (tertiary/aromatic N) is 1. The largest absolute Gasteiger partial charge is 0.494 e. The van der Waals surface area contributed by atoms with Crippen LogP contribution >= 0.6 is 11.6 Å². The summed E-state index contributed by atoms with van der Waals surface area (Å²) in [6, 6.07) is 22.0. The van der Waals surface area contributed by atoms with Crippen molar-refractivity contribution in [2.45, 2.75) is 26.4 Å². The Morgan fingerprint density at radius 3 is 2.48 bits per heavy atom. The molecule has 1 N–H and O–H groups in total. The number of para-hydroxylation sites is 1. The second-order valence-corrected chi connectivity index (χ2v) is 7.32. The van der Waals surface area contributed by atoms with Crippen LogP contribution in [0.5, 0.6) is 11.5 Å². The van der Waals surface area contributed by atoms with E-state index in [-0.39, 0.29) is 5.91 Å². The highest BCUT2D eigenvalue weighted by Crippen LogP contribution is 2.20. The van der Waals surface area contributed by atoms with Crippen molar-refractivity contribution in [2.24, 2.45) is 5.10 Å². The number of benzene rings is 3. The zero-order valence-corrected chi connectivity index (χ0v) is 18.1. The Kier molecular flexibility index (Phi) is 8.49. The van der Waals surface area contributed by atoms with Crippen molar-refractivity contribution >= 4 is 23.7 Å². The first-order valence-corrected chi connectivity index (χ1v) is 10.6. The fraction of sp³-hybridized carbons (Fsp3) is 0.200. The van der Waals surface area contributed by atoms with Crippen LogP contribution in [0, 0.1) is 0 Å². The van der Waals surface area contributed by atoms with E-state index in [1.165, 1.54) is 0 Å². The van der Waals surface area contributed by atoms with Gasteiger partial charge in [0, 0.05) is 5.02 Å². The van der Waals surface area contributed by atoms with Crippen molar-refractivity contribution in [3.05, 3.63) is 94.5 Å². The molecule has 0 spiro atoms. The highest BCUT2D eigenvalue weighted by molar-refractivity contribution is 6.30. The number of carbonyl (C=O) groups excluding carboxylic acids is 1. The quantitative estimate of drug-likeness (QED) is 0.246. The maximum atomic E-state index is 12.6. The summed E-state index contributed by atoms with van der Waals surface area (Å²) in [7, 11) is 0. The number of carbonyl (C=O) groups is 1. The molecule has 0 radical (unpaired) electrons. The van der Waals surface area contributed by atoms with Crippen LogP contribution in [0.15, 0.2) is 77.9 Å². The third-order valence-electron chi connectivity index (χ3n) is 4.47. The van der Waals surface area contributed by atoms with Crippen molar-refractivity contribution in [1.29, 1.82) is 0 Å². The van der Waals surface area contributed by atoms with Gasteiger partial charge in [-0.05, 0) is 66.1 Å². The molecule has 5 nitrogen and oxygen atoms in total. The third kappa shape index (κ3) is 7.15. The van der Waals surface area contributed by atoms with E-state index >= 15 is 0 Å². The van der Waals surface area contributed by atoms with Gasteiger partial charge in [-0.1, -0.05) is 49.2 Å². The lowest BCUT2D eigenvalue weighted by molar-refractivity contribution is 0.0950. The van der Waals surface area contributed by atoms with E-state index in [0.717, 1.165) is 29.7 Å². The van der Waals surface area contributed by atoms with Crippen LogP contribution in [-0.4, -0.2) is 18.7 Å². The molecule has 3 aromatic carbocycles. The summed E-state index contributed by atoms with van der Waals surface area (Å²) in [4.78, 5) is 12.6. The molecule has 3 aromatic rings. The molecule has 0 aromatic heterocycles. The number of ether oxygens (including phenoxy) is 2. The number of rotatable bonds is 10. The van der Waals surface area contributed by atoms with E-state index in [0.29, 0.717) is 29.5 Å². The van der Waals surface area contributed by atoms with Gasteiger partial charge in [-0.15, -0.1) is 0 Å². The number of amides is 1. The minimum Gasteiger partial charge on any atom is -0.494 e. The lowest BCUT2D eigenvalue weighted by Crippen LogP contribution is -2.18. The summed E-state index contributed by atoms with van der Waals surface area (Å²) in [5.41, 5.74) is 4.78. The van der Waals surface area contributed by atoms with Gasteiger partial charge < -0.3 is 9.47 Å². The Labute approximate surface area is 187 Å². The minimum absolute atomic E-state index is 0.331. The predicted octanol–water partition coefficient (Wildman–Crippen LogP) is 5.86. The molecule has 160 valence electrons. The molecule has 0 aliphatic rings. The van der Waals surface area contributed by atoms with E-state index in [2.05, 4.69) is 17.5 Å². The molecule has 0 saturated carbocycles. The summed E-state index contributed by atoms with van der Waals surface area (Å²) in [6.45, 7) is 3.16. The average molecular weight is 437 g/mol. The maximum absolute atomic E-state index is 12.6. The van der Waals surface area contributed by atoms with Gasteiger partial charge in [0.1, 0.15) is 18.1 Å². The van der Waals surface area contributed by atoms with E-state index < -0.39 is 0 Å². The number of hydrogen-bond donors (Lipinski definition) is 1. The fourth-order valence-corrected chi connectivity index (χ4v) is 2.86. The van der Waals surface area contributed by atoms with Crippen molar-refractivity contribution in [3.63, 3.8) is 0 Å². The van der Waals surface area contributed by atoms with E-state index in [1.54, 1.807) is 36.5 Å². The Bertz CT molecular complexity index is 1000. The van der Waals surface area contributed by atoms with Crippen LogP contribution in [0.1, 0.15) is 41.3 Å². The summed E-state index contributed by atoms with van der Waals surface area (Å²) >= 11 is 5.91. The lowest BCUT2D eigenvalue weighted by Gasteiger charge is -2.10. The zero-order valence-electron chi connectivity index (χ0n) is 17.4. The number of unbranched alkanes of at least 4 members (excludes halogenated alkanes) is 1. The van der Waals surface area contributed by atoms with Crippen LogP contribution in [0.2, 0.25) is 5.02 Å². The first-order valence-electron chi connectivity index (χ1n) is 10.2. The second kappa shape index (κ2) is 11.8. The van der Waals surface area contributed by atoms with Gasteiger partial charge in [0.05, 0.1) is 18.4 Å². The monoisotopic (exact) mass is 436 g/mol. The van der Waals surface area contributed by atoms with Crippen LogP contribution < -0.4 is 14.9 Å². The average Bonchev–Trinajstić information content (AvgIpc) is 2.80. The predicted molar refractivity (Wildman–Crippen MR) is 124 cm³/mol. The first-order chi connectivity index (χ1) is 15.2. The number of nitrogens with one attached hydrogen (secondary N) is 1. The van der Waals surface area contributed by atoms with Gasteiger partial charge in [-0.25, -0.2) is 5.43 Å². The second-order valence-electron chi connectivity index (χ2n) is 6.88. The molecule has 1 amide bonds. The zero-order chi connectivity index (χ0) is 21.9. The smallest absolute Gasteiger partial charge is 0.275 e. The molecule has 0 saturated heterocycles. The summed E-state index contributed by atoms with van der Waals surface area (Å²) in [5.74, 6) is 0.961. The molecular weight excluding hydrogens is 412 g/mol. The molecular formula is C25H25ClN2O3. The van der Waals surface area contributed by atoms with Crippen LogP contribution in [0.3, 0.4) is 0 Å².